The highest BCUT2D eigenvalue weighted by molar-refractivity contribution is 6.39. The Hall–Kier alpha value is -2.08. The first-order chi connectivity index (χ1) is 17.7. The fourth-order valence-electron chi connectivity index (χ4n) is 4.43. The number of fused-ring (bicyclic) bond motifs is 1. The maximum absolute atomic E-state index is 13.3. The number of piperidine rings is 1. The van der Waals surface area contributed by atoms with Crippen molar-refractivity contribution in [2.24, 2.45) is 13.0 Å². The smallest absolute Gasteiger partial charge is 0.370 e. The first-order valence-electron chi connectivity index (χ1n) is 11.7. The minimum absolute atomic E-state index is 0.0814. The van der Waals surface area contributed by atoms with Crippen molar-refractivity contribution in [3.63, 3.8) is 0 Å². The van der Waals surface area contributed by atoms with Gasteiger partial charge >= 0.3 is 12.4 Å². The minimum Gasteiger partial charge on any atom is -0.370 e. The van der Waals surface area contributed by atoms with E-state index < -0.39 is 24.7 Å². The van der Waals surface area contributed by atoms with E-state index in [-0.39, 0.29) is 41.1 Å². The van der Waals surface area contributed by atoms with Crippen molar-refractivity contribution >= 4 is 63.2 Å². The number of halogens is 9. The molecule has 2 heterocycles. The van der Waals surface area contributed by atoms with Gasteiger partial charge in [-0.1, -0.05) is 40.9 Å². The highest BCUT2D eigenvalue weighted by atomic mass is 35.5. The van der Waals surface area contributed by atoms with E-state index in [0.717, 1.165) is 0 Å². The Morgan fingerprint density at radius 3 is 2.47 bits per heavy atom. The standard InChI is InChI=1S/C24H24Cl3F6N5/c1-37-19-10-18(38-8-2-3-14(12-38)24(31,32)33)16(26)9-17(19)35-22(37)36-21-15(25)5-4-13(20(21)27)11-34-7-6-23(28,29)30/h4-5,9-10,14,34H,2-3,6-8,11-12H2,1H3,(H,35,36). The summed E-state index contributed by atoms with van der Waals surface area (Å²) in [6.07, 6.45) is -9.03. The molecule has 14 heteroatoms. The monoisotopic (exact) mass is 601 g/mol. The number of hydrogen-bond acceptors (Lipinski definition) is 4. The molecule has 1 aromatic heterocycles. The van der Waals surface area contributed by atoms with Crippen molar-refractivity contribution in [2.45, 2.75) is 38.2 Å². The molecule has 0 amide bonds. The van der Waals surface area contributed by atoms with Gasteiger partial charge in [0.15, 0.2) is 0 Å². The zero-order valence-corrected chi connectivity index (χ0v) is 22.3. The fraction of sp³-hybridized carbons (Fsp3) is 0.458. The molecular formula is C24H24Cl3F6N5. The molecule has 0 radical (unpaired) electrons. The van der Waals surface area contributed by atoms with Gasteiger partial charge < -0.3 is 20.1 Å². The van der Waals surface area contributed by atoms with Gasteiger partial charge in [-0.2, -0.15) is 26.3 Å². The Morgan fingerprint density at radius 2 is 1.79 bits per heavy atom. The lowest BCUT2D eigenvalue weighted by molar-refractivity contribution is -0.176. The second-order valence-corrected chi connectivity index (χ2v) is 10.4. The van der Waals surface area contributed by atoms with E-state index in [1.54, 1.807) is 40.8 Å². The third-order valence-electron chi connectivity index (χ3n) is 6.48. The van der Waals surface area contributed by atoms with Crippen LogP contribution < -0.4 is 15.5 Å². The van der Waals surface area contributed by atoms with Crippen molar-refractivity contribution in [3.05, 3.63) is 44.9 Å². The van der Waals surface area contributed by atoms with Crippen LogP contribution in [-0.2, 0) is 13.6 Å². The van der Waals surface area contributed by atoms with Gasteiger partial charge in [0.25, 0.3) is 0 Å². The molecule has 0 aliphatic carbocycles. The molecule has 2 N–H and O–H groups in total. The van der Waals surface area contributed by atoms with Crippen molar-refractivity contribution in [3.8, 4) is 0 Å². The second kappa shape index (κ2) is 11.2. The van der Waals surface area contributed by atoms with Gasteiger partial charge in [0.2, 0.25) is 5.95 Å². The lowest BCUT2D eigenvalue weighted by Gasteiger charge is -2.35. The number of hydrogen-bond donors (Lipinski definition) is 2. The van der Waals surface area contributed by atoms with E-state index >= 15 is 0 Å². The van der Waals surface area contributed by atoms with Crippen molar-refractivity contribution < 1.29 is 26.3 Å². The average molecular weight is 603 g/mol. The Labute approximate surface area is 230 Å². The van der Waals surface area contributed by atoms with Gasteiger partial charge in [0.05, 0.1) is 49.8 Å². The lowest BCUT2D eigenvalue weighted by atomic mass is 9.97. The van der Waals surface area contributed by atoms with E-state index in [0.29, 0.717) is 46.9 Å². The summed E-state index contributed by atoms with van der Waals surface area (Å²) < 4.78 is 78.9. The van der Waals surface area contributed by atoms with Crippen LogP contribution in [0.2, 0.25) is 15.1 Å². The predicted octanol–water partition coefficient (Wildman–Crippen LogP) is 8.10. The van der Waals surface area contributed by atoms with Crippen LogP contribution in [-0.4, -0.2) is 41.5 Å². The van der Waals surface area contributed by atoms with E-state index in [2.05, 4.69) is 15.6 Å². The molecule has 1 unspecified atom stereocenters. The molecule has 1 atom stereocenters. The van der Waals surface area contributed by atoms with Crippen LogP contribution in [0.3, 0.4) is 0 Å². The normalized spacial score (nSPS) is 16.9. The summed E-state index contributed by atoms with van der Waals surface area (Å²) in [5.41, 5.74) is 2.47. The second-order valence-electron chi connectivity index (χ2n) is 9.18. The predicted molar refractivity (Wildman–Crippen MR) is 139 cm³/mol. The van der Waals surface area contributed by atoms with Gasteiger partial charge in [-0.05, 0) is 36.6 Å². The minimum atomic E-state index is -4.28. The number of benzene rings is 2. The molecule has 0 spiro atoms. The zero-order valence-electron chi connectivity index (χ0n) is 20.1. The van der Waals surface area contributed by atoms with Crippen LogP contribution >= 0.6 is 34.8 Å². The van der Waals surface area contributed by atoms with Crippen LogP contribution in [0.5, 0.6) is 0 Å². The maximum atomic E-state index is 13.3. The lowest BCUT2D eigenvalue weighted by Crippen LogP contribution is -2.41. The molecule has 1 fully saturated rings. The molecule has 2 aromatic carbocycles. The Morgan fingerprint density at radius 1 is 1.05 bits per heavy atom. The molecule has 1 aliphatic heterocycles. The number of aromatic nitrogens is 2. The molecule has 1 saturated heterocycles. The molecule has 3 aromatic rings. The van der Waals surface area contributed by atoms with E-state index in [4.69, 9.17) is 34.8 Å². The number of imidazole rings is 1. The zero-order chi connectivity index (χ0) is 27.8. The van der Waals surface area contributed by atoms with Crippen LogP contribution in [0.4, 0.5) is 43.7 Å². The van der Waals surface area contributed by atoms with Crippen LogP contribution in [0.25, 0.3) is 11.0 Å². The molecule has 4 rings (SSSR count). The first-order valence-corrected chi connectivity index (χ1v) is 12.9. The molecule has 5 nitrogen and oxygen atoms in total. The summed E-state index contributed by atoms with van der Waals surface area (Å²) in [5, 5.41) is 6.56. The van der Waals surface area contributed by atoms with Crippen molar-refractivity contribution in [1.82, 2.24) is 14.9 Å². The van der Waals surface area contributed by atoms with Gasteiger partial charge in [0, 0.05) is 33.2 Å². The Bertz CT molecular complexity index is 1310. The number of nitrogens with zero attached hydrogens (tertiary/aromatic N) is 3. The average Bonchev–Trinajstić information content (AvgIpc) is 3.13. The van der Waals surface area contributed by atoms with Crippen LogP contribution in [0.15, 0.2) is 24.3 Å². The van der Waals surface area contributed by atoms with Gasteiger partial charge in [0.1, 0.15) is 0 Å². The third-order valence-corrected chi connectivity index (χ3v) is 7.53. The summed E-state index contributed by atoms with van der Waals surface area (Å²) in [6, 6.07) is 6.49. The van der Waals surface area contributed by atoms with E-state index in [9.17, 15) is 26.3 Å². The van der Waals surface area contributed by atoms with E-state index in [1.165, 1.54) is 0 Å². The van der Waals surface area contributed by atoms with Gasteiger partial charge in [-0.15, -0.1) is 0 Å². The van der Waals surface area contributed by atoms with Gasteiger partial charge in [-0.3, -0.25) is 0 Å². The fourth-order valence-corrected chi connectivity index (χ4v) is 5.24. The quantitative estimate of drug-likeness (QED) is 0.212. The number of anilines is 3. The van der Waals surface area contributed by atoms with Gasteiger partial charge in [-0.25, -0.2) is 4.98 Å². The van der Waals surface area contributed by atoms with Crippen LogP contribution in [0.1, 0.15) is 24.8 Å². The Balaban J connectivity index is 1.58. The topological polar surface area (TPSA) is 45.1 Å². The summed E-state index contributed by atoms with van der Waals surface area (Å²) in [7, 11) is 1.72. The molecule has 38 heavy (non-hydrogen) atoms. The number of rotatable bonds is 7. The molecule has 208 valence electrons. The summed E-state index contributed by atoms with van der Waals surface area (Å²) in [4.78, 5) is 6.18. The number of alkyl halides is 6. The summed E-state index contributed by atoms with van der Waals surface area (Å²) in [5.74, 6) is -1.09. The van der Waals surface area contributed by atoms with Crippen molar-refractivity contribution in [2.75, 3.05) is 29.9 Å². The summed E-state index contributed by atoms with van der Waals surface area (Å²) in [6.45, 7) is 0.110. The highest BCUT2D eigenvalue weighted by Crippen LogP contribution is 2.40. The maximum Gasteiger partial charge on any atom is 0.393 e. The summed E-state index contributed by atoms with van der Waals surface area (Å²) >= 11 is 19.3. The third kappa shape index (κ3) is 6.55. The van der Waals surface area contributed by atoms with E-state index in [1.807, 2.05) is 0 Å². The van der Waals surface area contributed by atoms with Crippen molar-refractivity contribution in [1.29, 1.82) is 0 Å². The van der Waals surface area contributed by atoms with Crippen LogP contribution in [0, 0.1) is 5.92 Å². The molecule has 1 aliphatic rings. The largest absolute Gasteiger partial charge is 0.393 e. The SMILES string of the molecule is Cn1c(Nc2c(Cl)ccc(CNCCC(F)(F)F)c2Cl)nc2cc(Cl)c(N3CCCC(C(F)(F)F)C3)cc21. The molecule has 0 saturated carbocycles. The first kappa shape index (κ1) is 28.9. The molecular weight excluding hydrogens is 579 g/mol. The molecule has 0 bridgehead atoms. The number of nitrogens with one attached hydrogen (secondary N) is 2. The highest BCUT2D eigenvalue weighted by Gasteiger charge is 2.42. The number of aryl methyl sites for hydroxylation is 1. The Kier molecular flexibility index (Phi) is 8.52.